The number of halogens is 9. The molecule has 0 bridgehead atoms. The van der Waals surface area contributed by atoms with Crippen molar-refractivity contribution in [1.82, 2.24) is 0 Å². The van der Waals surface area contributed by atoms with Crippen molar-refractivity contribution in [3.8, 4) is 0 Å². The first kappa shape index (κ1) is 36.5. The Morgan fingerprint density at radius 1 is 0.675 bits per heavy atom. The van der Waals surface area contributed by atoms with Gasteiger partial charge in [-0.2, -0.15) is 39.5 Å². The highest BCUT2D eigenvalue weighted by atomic mass is 19.4. The van der Waals surface area contributed by atoms with E-state index in [1.165, 1.54) is 6.92 Å². The summed E-state index contributed by atoms with van der Waals surface area (Å²) in [4.78, 5) is 0. The number of aryl methyl sites for hydroxylation is 1. The van der Waals surface area contributed by atoms with Gasteiger partial charge in [0.2, 0.25) is 0 Å². The third-order valence-corrected chi connectivity index (χ3v) is 6.07. The lowest BCUT2D eigenvalue weighted by atomic mass is 9.95. The zero-order chi connectivity index (χ0) is 30.1. The molecule has 0 heterocycles. The van der Waals surface area contributed by atoms with Crippen LogP contribution in [0, 0.1) is 5.92 Å². The monoisotopic (exact) mass is 596 g/mol. The van der Waals surface area contributed by atoms with Crippen molar-refractivity contribution in [3.63, 3.8) is 0 Å². The minimum absolute atomic E-state index is 0.00627. The van der Waals surface area contributed by atoms with E-state index in [4.69, 9.17) is 9.47 Å². The van der Waals surface area contributed by atoms with Gasteiger partial charge in [0.05, 0.1) is 12.7 Å². The highest BCUT2D eigenvalue weighted by Crippen LogP contribution is 2.30. The Morgan fingerprint density at radius 2 is 1.30 bits per heavy atom. The largest absolute Gasteiger partial charge is 0.411 e. The molecular weight excluding hydrogens is 555 g/mol. The maximum absolute atomic E-state index is 12.8. The number of ether oxygens (including phenoxy) is 3. The van der Waals surface area contributed by atoms with E-state index in [0.29, 0.717) is 64.6 Å². The van der Waals surface area contributed by atoms with Crippen LogP contribution in [0.25, 0.3) is 0 Å². The van der Waals surface area contributed by atoms with Crippen molar-refractivity contribution in [2.75, 3.05) is 33.0 Å². The highest BCUT2D eigenvalue weighted by molar-refractivity contribution is 5.29. The van der Waals surface area contributed by atoms with Gasteiger partial charge in [0.1, 0.15) is 6.61 Å². The second-order valence-corrected chi connectivity index (χ2v) is 10.1. The van der Waals surface area contributed by atoms with Crippen LogP contribution in [0.5, 0.6) is 0 Å². The first-order valence-electron chi connectivity index (χ1n) is 13.7. The number of benzene rings is 1. The van der Waals surface area contributed by atoms with Crippen LogP contribution in [0.1, 0.15) is 88.4 Å². The van der Waals surface area contributed by atoms with Gasteiger partial charge in [-0.25, -0.2) is 0 Å². The summed E-state index contributed by atoms with van der Waals surface area (Å²) in [7, 11) is 0. The zero-order valence-corrected chi connectivity index (χ0v) is 22.9. The molecule has 12 heteroatoms. The van der Waals surface area contributed by atoms with Crippen LogP contribution in [0.3, 0.4) is 0 Å². The van der Waals surface area contributed by atoms with Crippen LogP contribution in [0.2, 0.25) is 0 Å². The molecule has 0 fully saturated rings. The molecule has 3 nitrogen and oxygen atoms in total. The maximum Gasteiger partial charge on any atom is 0.411 e. The second kappa shape index (κ2) is 18.8. The van der Waals surface area contributed by atoms with Gasteiger partial charge in [-0.1, -0.05) is 44.0 Å². The molecule has 40 heavy (non-hydrogen) atoms. The number of alkyl halides is 9. The van der Waals surface area contributed by atoms with E-state index in [1.807, 2.05) is 24.3 Å². The topological polar surface area (TPSA) is 27.7 Å². The lowest BCUT2D eigenvalue weighted by Crippen LogP contribution is -2.19. The van der Waals surface area contributed by atoms with Crippen LogP contribution >= 0.6 is 0 Å². The van der Waals surface area contributed by atoms with Gasteiger partial charge < -0.3 is 14.2 Å². The predicted molar refractivity (Wildman–Crippen MR) is 134 cm³/mol. The van der Waals surface area contributed by atoms with E-state index in [1.54, 1.807) is 0 Å². The first-order valence-corrected chi connectivity index (χ1v) is 13.7. The lowest BCUT2D eigenvalue weighted by Gasteiger charge is -2.24. The molecule has 1 aromatic carbocycles. The van der Waals surface area contributed by atoms with Crippen LogP contribution in [-0.4, -0.2) is 51.6 Å². The Labute approximate surface area is 230 Å². The minimum Gasteiger partial charge on any atom is -0.381 e. The molecule has 234 valence electrons. The molecule has 0 aliphatic carbocycles. The third-order valence-electron chi connectivity index (χ3n) is 6.07. The number of hydrogen-bond acceptors (Lipinski definition) is 3. The Kier molecular flexibility index (Phi) is 17.2. The smallest absolute Gasteiger partial charge is 0.381 e. The van der Waals surface area contributed by atoms with Crippen LogP contribution < -0.4 is 0 Å². The van der Waals surface area contributed by atoms with Gasteiger partial charge in [-0.15, -0.1) is 0 Å². The van der Waals surface area contributed by atoms with Crippen molar-refractivity contribution >= 4 is 0 Å². The Morgan fingerprint density at radius 3 is 1.95 bits per heavy atom. The molecule has 0 saturated heterocycles. The molecule has 0 N–H and O–H groups in total. The van der Waals surface area contributed by atoms with Crippen LogP contribution in [0.15, 0.2) is 24.3 Å². The molecule has 2 unspecified atom stereocenters. The number of hydrogen-bond donors (Lipinski definition) is 0. The van der Waals surface area contributed by atoms with Gasteiger partial charge >= 0.3 is 18.5 Å². The summed E-state index contributed by atoms with van der Waals surface area (Å²) in [5.74, 6) is -0.737. The summed E-state index contributed by atoms with van der Waals surface area (Å²) in [6.07, 6.45) is -10.6. The second-order valence-electron chi connectivity index (χ2n) is 10.1. The zero-order valence-electron chi connectivity index (χ0n) is 22.9. The molecule has 0 amide bonds. The molecule has 0 radical (unpaired) electrons. The molecule has 0 spiro atoms. The van der Waals surface area contributed by atoms with Crippen molar-refractivity contribution in [3.05, 3.63) is 35.4 Å². The van der Waals surface area contributed by atoms with Crippen molar-refractivity contribution in [2.24, 2.45) is 5.92 Å². The van der Waals surface area contributed by atoms with E-state index in [2.05, 4.69) is 4.74 Å². The van der Waals surface area contributed by atoms with Gasteiger partial charge in [-0.05, 0) is 62.0 Å². The normalized spacial score (nSPS) is 14.4. The molecule has 0 aliphatic heterocycles. The quantitative estimate of drug-likeness (QED) is 0.105. The first-order chi connectivity index (χ1) is 18.7. The van der Waals surface area contributed by atoms with E-state index in [9.17, 15) is 39.5 Å². The van der Waals surface area contributed by atoms with Gasteiger partial charge in [-0.3, -0.25) is 0 Å². The van der Waals surface area contributed by atoms with Gasteiger partial charge in [0.25, 0.3) is 0 Å². The average molecular weight is 597 g/mol. The molecule has 1 aromatic rings. The SMILES string of the molecule is CC(COC(CCCOCCCCCC(F)(F)F)c1ccccc1CCCCCOCC(F)(F)F)CC(F)(F)F. The van der Waals surface area contributed by atoms with Gasteiger partial charge in [0, 0.05) is 32.7 Å². The minimum atomic E-state index is -4.35. The number of rotatable bonds is 21. The molecule has 1 rings (SSSR count). The molecule has 0 aromatic heterocycles. The Balaban J connectivity index is 2.60. The lowest BCUT2D eigenvalue weighted by molar-refractivity contribution is -0.174. The molecular formula is C28H41F9O3. The fourth-order valence-corrected chi connectivity index (χ4v) is 4.20. The van der Waals surface area contributed by atoms with E-state index in [-0.39, 0.29) is 19.6 Å². The van der Waals surface area contributed by atoms with E-state index < -0.39 is 50.0 Å². The fourth-order valence-electron chi connectivity index (χ4n) is 4.20. The summed E-state index contributed by atoms with van der Waals surface area (Å²) >= 11 is 0. The standard InChI is InChI=1S/C28H41F9O3/c1-22(19-27(32,33)34)20-40-25(14-10-18-38-16-9-3-7-15-26(29,30)31)24-13-6-5-12-23(24)11-4-2-8-17-39-21-28(35,36)37/h5-6,12-13,22,25H,2-4,7-11,14-21H2,1H3. The third kappa shape index (κ3) is 20.4. The maximum atomic E-state index is 12.8. The summed E-state index contributed by atoms with van der Waals surface area (Å²) < 4.78 is 128. The van der Waals surface area contributed by atoms with E-state index >= 15 is 0 Å². The van der Waals surface area contributed by atoms with Gasteiger partial charge in [0.15, 0.2) is 0 Å². The molecule has 0 aliphatic rings. The van der Waals surface area contributed by atoms with Crippen molar-refractivity contribution in [2.45, 2.75) is 102 Å². The van der Waals surface area contributed by atoms with E-state index in [0.717, 1.165) is 11.1 Å². The summed E-state index contributed by atoms with van der Waals surface area (Å²) in [6, 6.07) is 7.43. The summed E-state index contributed by atoms with van der Waals surface area (Å²) in [5, 5.41) is 0. The fraction of sp³-hybridized carbons (Fsp3) is 0.786. The Hall–Kier alpha value is -1.53. The average Bonchev–Trinajstić information content (AvgIpc) is 2.82. The Bertz CT molecular complexity index is 780. The van der Waals surface area contributed by atoms with Crippen LogP contribution in [-0.2, 0) is 20.6 Å². The number of unbranched alkanes of at least 4 members (excludes halogenated alkanes) is 4. The molecule has 2 atom stereocenters. The molecule has 0 saturated carbocycles. The highest BCUT2D eigenvalue weighted by Gasteiger charge is 2.31. The summed E-state index contributed by atoms with van der Waals surface area (Å²) in [6.45, 7) is 0.788. The van der Waals surface area contributed by atoms with Crippen molar-refractivity contribution in [1.29, 1.82) is 0 Å². The van der Waals surface area contributed by atoms with Crippen molar-refractivity contribution < 1.29 is 53.7 Å². The summed E-state index contributed by atoms with van der Waals surface area (Å²) in [5.41, 5.74) is 1.81. The van der Waals surface area contributed by atoms with Crippen LogP contribution in [0.4, 0.5) is 39.5 Å². The predicted octanol–water partition coefficient (Wildman–Crippen LogP) is 9.54.